The fourth-order valence-corrected chi connectivity index (χ4v) is 3.47. The first kappa shape index (κ1) is 18.1. The number of aryl methyl sites for hydroxylation is 1. The molecule has 6 heteroatoms. The van der Waals surface area contributed by atoms with Gasteiger partial charge in [0.15, 0.2) is 9.84 Å². The Morgan fingerprint density at radius 1 is 1.27 bits per heavy atom. The summed E-state index contributed by atoms with van der Waals surface area (Å²) < 4.78 is 29.4. The maximum absolute atomic E-state index is 12.5. The highest BCUT2D eigenvalue weighted by atomic mass is 32.2. The molecule has 0 aromatic heterocycles. The van der Waals surface area contributed by atoms with Gasteiger partial charge in [0.1, 0.15) is 12.2 Å². The van der Waals surface area contributed by atoms with Crippen LogP contribution in [-0.4, -0.2) is 32.5 Å². The second-order valence-electron chi connectivity index (χ2n) is 4.96. The van der Waals surface area contributed by atoms with Crippen molar-refractivity contribution in [2.75, 3.05) is 7.11 Å². The van der Waals surface area contributed by atoms with Crippen LogP contribution < -0.4 is 0 Å². The number of hydrogen-bond donors (Lipinski definition) is 0. The summed E-state index contributed by atoms with van der Waals surface area (Å²) in [6.07, 6.45) is 1.05. The Morgan fingerprint density at radius 3 is 2.36 bits per heavy atom. The van der Waals surface area contributed by atoms with Crippen LogP contribution in [0.15, 0.2) is 41.8 Å². The lowest BCUT2D eigenvalue weighted by molar-refractivity contribution is -0.143. The third kappa shape index (κ3) is 4.80. The minimum absolute atomic E-state index is 0.0170. The van der Waals surface area contributed by atoms with Gasteiger partial charge in [0, 0.05) is 6.42 Å². The van der Waals surface area contributed by atoms with Crippen molar-refractivity contribution in [3.05, 3.63) is 42.5 Å². The van der Waals surface area contributed by atoms with Crippen LogP contribution in [0.1, 0.15) is 24.8 Å². The number of methoxy groups -OCH3 is 1. The summed E-state index contributed by atoms with van der Waals surface area (Å²) in [5, 5.41) is -0.864. The Morgan fingerprint density at radius 2 is 1.86 bits per heavy atom. The topological polar surface area (TPSA) is 77.5 Å². The van der Waals surface area contributed by atoms with E-state index in [1.54, 1.807) is 12.1 Å². The van der Waals surface area contributed by atoms with Gasteiger partial charge in [-0.15, -0.1) is 6.58 Å². The van der Waals surface area contributed by atoms with Gasteiger partial charge in [0.05, 0.1) is 17.3 Å². The summed E-state index contributed by atoms with van der Waals surface area (Å²) in [7, 11) is -2.39. The Bertz CT molecular complexity index is 644. The van der Waals surface area contributed by atoms with E-state index in [4.69, 9.17) is 0 Å². The summed E-state index contributed by atoms with van der Waals surface area (Å²) >= 11 is 0. The van der Waals surface area contributed by atoms with Gasteiger partial charge < -0.3 is 4.74 Å². The molecular weight excluding hydrogens is 304 g/mol. The molecule has 0 N–H and O–H groups in total. The first-order valence-corrected chi connectivity index (χ1v) is 8.37. The van der Waals surface area contributed by atoms with Crippen molar-refractivity contribution in [2.24, 2.45) is 0 Å². The summed E-state index contributed by atoms with van der Waals surface area (Å²) in [6.45, 7) is 5.41. The molecule has 1 aromatic rings. The first-order chi connectivity index (χ1) is 10.3. The van der Waals surface area contributed by atoms with Gasteiger partial charge in [-0.25, -0.2) is 8.42 Å². The summed E-state index contributed by atoms with van der Waals surface area (Å²) in [6, 6.07) is 6.51. The molecular formula is C16H20O5S. The van der Waals surface area contributed by atoms with Crippen LogP contribution in [0.4, 0.5) is 0 Å². The van der Waals surface area contributed by atoms with E-state index in [9.17, 15) is 18.0 Å². The van der Waals surface area contributed by atoms with Crippen molar-refractivity contribution in [2.45, 2.75) is 36.3 Å². The minimum Gasteiger partial charge on any atom is -0.469 e. The van der Waals surface area contributed by atoms with Gasteiger partial charge in [0.25, 0.3) is 0 Å². The summed E-state index contributed by atoms with van der Waals surface area (Å²) in [5.41, 5.74) is 0.961. The molecule has 0 fully saturated rings. The molecule has 0 radical (unpaired) electrons. The van der Waals surface area contributed by atoms with Crippen LogP contribution in [0.25, 0.3) is 0 Å². The quantitative estimate of drug-likeness (QED) is 0.416. The van der Waals surface area contributed by atoms with Crippen LogP contribution in [0.2, 0.25) is 0 Å². The lowest BCUT2D eigenvalue weighted by Gasteiger charge is -2.13. The number of hydrogen-bond acceptors (Lipinski definition) is 5. The molecule has 0 unspecified atom stereocenters. The minimum atomic E-state index is -3.58. The Labute approximate surface area is 130 Å². The molecule has 0 amide bonds. The number of benzene rings is 1. The highest BCUT2D eigenvalue weighted by molar-refractivity contribution is 7.92. The van der Waals surface area contributed by atoms with Crippen LogP contribution in [-0.2, 0) is 24.2 Å². The SMILES string of the molecule is C=C[C@H](CCC(=O)CC(=O)OC)S(=O)(=O)c1ccc(C)cc1. The first-order valence-electron chi connectivity index (χ1n) is 6.83. The van der Waals surface area contributed by atoms with E-state index in [1.807, 2.05) is 6.92 Å². The second-order valence-corrected chi connectivity index (χ2v) is 7.13. The van der Waals surface area contributed by atoms with Crippen LogP contribution in [0, 0.1) is 6.92 Å². The van der Waals surface area contributed by atoms with Crippen molar-refractivity contribution in [3.8, 4) is 0 Å². The molecule has 1 aromatic carbocycles. The molecule has 1 atom stereocenters. The molecule has 22 heavy (non-hydrogen) atoms. The number of esters is 1. The van der Waals surface area contributed by atoms with Gasteiger partial charge >= 0.3 is 5.97 Å². The Balaban J connectivity index is 2.78. The molecule has 1 rings (SSSR count). The smallest absolute Gasteiger partial charge is 0.313 e. The molecule has 120 valence electrons. The fourth-order valence-electron chi connectivity index (χ4n) is 1.93. The number of carbonyl (C=O) groups is 2. The molecule has 0 bridgehead atoms. The summed E-state index contributed by atoms with van der Waals surface area (Å²) in [4.78, 5) is 22.8. The predicted molar refractivity (Wildman–Crippen MR) is 83.2 cm³/mol. The van der Waals surface area contributed by atoms with E-state index in [1.165, 1.54) is 25.3 Å². The van der Waals surface area contributed by atoms with E-state index < -0.39 is 21.1 Å². The van der Waals surface area contributed by atoms with E-state index in [0.717, 1.165) is 5.56 Å². The Hall–Kier alpha value is -1.95. The average molecular weight is 324 g/mol. The lowest BCUT2D eigenvalue weighted by Crippen LogP contribution is -2.21. The standard InChI is InChI=1S/C16H20O5S/c1-4-14(10-7-13(17)11-16(18)21-3)22(19,20)15-8-5-12(2)6-9-15/h4-6,8-9,14H,1,7,10-11H2,2-3H3/t14-/m1/s1. The molecule has 0 saturated carbocycles. The number of ether oxygens (including phenoxy) is 1. The molecule has 0 heterocycles. The zero-order chi connectivity index (χ0) is 16.8. The number of Topliss-reactive ketones (excluding diaryl/α,β-unsaturated/α-hetero) is 1. The predicted octanol–water partition coefficient (Wildman–Crippen LogP) is 2.24. The largest absolute Gasteiger partial charge is 0.469 e. The van der Waals surface area contributed by atoms with Gasteiger partial charge in [-0.1, -0.05) is 23.8 Å². The maximum atomic E-state index is 12.5. The number of rotatable bonds is 8. The molecule has 0 spiro atoms. The van der Waals surface area contributed by atoms with Crippen molar-refractivity contribution >= 4 is 21.6 Å². The molecule has 0 aliphatic rings. The van der Waals surface area contributed by atoms with Crippen molar-refractivity contribution < 1.29 is 22.7 Å². The van der Waals surface area contributed by atoms with Gasteiger partial charge in [-0.3, -0.25) is 9.59 Å². The highest BCUT2D eigenvalue weighted by Crippen LogP contribution is 2.21. The zero-order valence-corrected chi connectivity index (χ0v) is 13.6. The van der Waals surface area contributed by atoms with Crippen LogP contribution in [0.5, 0.6) is 0 Å². The van der Waals surface area contributed by atoms with Gasteiger partial charge in [-0.05, 0) is 25.5 Å². The molecule has 0 aliphatic heterocycles. The lowest BCUT2D eigenvalue weighted by atomic mass is 10.1. The van der Waals surface area contributed by atoms with E-state index in [0.29, 0.717) is 0 Å². The zero-order valence-electron chi connectivity index (χ0n) is 12.7. The van der Waals surface area contributed by atoms with Crippen LogP contribution >= 0.6 is 0 Å². The van der Waals surface area contributed by atoms with Crippen molar-refractivity contribution in [1.29, 1.82) is 0 Å². The second kappa shape index (κ2) is 7.89. The van der Waals surface area contributed by atoms with Gasteiger partial charge in [0.2, 0.25) is 0 Å². The number of sulfone groups is 1. The van der Waals surface area contributed by atoms with Crippen molar-refractivity contribution in [1.82, 2.24) is 0 Å². The number of carbonyl (C=O) groups excluding carboxylic acids is 2. The van der Waals surface area contributed by atoms with E-state index in [2.05, 4.69) is 11.3 Å². The normalized spacial score (nSPS) is 12.5. The third-order valence-corrected chi connectivity index (χ3v) is 5.44. The number of ketones is 1. The van der Waals surface area contributed by atoms with E-state index >= 15 is 0 Å². The molecule has 5 nitrogen and oxygen atoms in total. The van der Waals surface area contributed by atoms with Gasteiger partial charge in [-0.2, -0.15) is 0 Å². The molecule has 0 aliphatic carbocycles. The average Bonchev–Trinajstić information content (AvgIpc) is 2.47. The summed E-state index contributed by atoms with van der Waals surface area (Å²) in [5.74, 6) is -0.973. The third-order valence-electron chi connectivity index (χ3n) is 3.29. The highest BCUT2D eigenvalue weighted by Gasteiger charge is 2.25. The maximum Gasteiger partial charge on any atom is 0.313 e. The van der Waals surface area contributed by atoms with E-state index in [-0.39, 0.29) is 29.9 Å². The van der Waals surface area contributed by atoms with Crippen molar-refractivity contribution in [3.63, 3.8) is 0 Å². The fraction of sp³-hybridized carbons (Fsp3) is 0.375. The monoisotopic (exact) mass is 324 g/mol. The Kier molecular flexibility index (Phi) is 6.49. The van der Waals surface area contributed by atoms with Crippen LogP contribution in [0.3, 0.4) is 0 Å². The molecule has 0 saturated heterocycles.